The second kappa shape index (κ2) is 7.59. The summed E-state index contributed by atoms with van der Waals surface area (Å²) in [7, 11) is 1.35. The Morgan fingerprint density at radius 1 is 1.50 bits per heavy atom. The van der Waals surface area contributed by atoms with E-state index in [1.807, 2.05) is 13.8 Å². The number of rotatable bonds is 4. The molecule has 18 heavy (non-hydrogen) atoms. The summed E-state index contributed by atoms with van der Waals surface area (Å²) in [6.07, 6.45) is 2.36. The van der Waals surface area contributed by atoms with Gasteiger partial charge in [-0.05, 0) is 18.8 Å². The van der Waals surface area contributed by atoms with Gasteiger partial charge in [-0.1, -0.05) is 20.3 Å². The van der Waals surface area contributed by atoms with Crippen LogP contribution in [0, 0.1) is 5.92 Å². The van der Waals surface area contributed by atoms with E-state index < -0.39 is 12.1 Å². The molecule has 0 aliphatic carbocycles. The van der Waals surface area contributed by atoms with Crippen molar-refractivity contribution in [3.8, 4) is 0 Å². The number of nitrogens with zero attached hydrogens (tertiary/aromatic N) is 1. The van der Waals surface area contributed by atoms with Crippen molar-refractivity contribution >= 4 is 24.3 Å². The molecule has 0 bridgehead atoms. The van der Waals surface area contributed by atoms with Gasteiger partial charge in [-0.25, -0.2) is 4.79 Å². The number of hydrogen-bond acceptors (Lipinski definition) is 4. The molecule has 5 nitrogen and oxygen atoms in total. The van der Waals surface area contributed by atoms with Gasteiger partial charge in [-0.15, -0.1) is 12.4 Å². The van der Waals surface area contributed by atoms with E-state index in [-0.39, 0.29) is 30.2 Å². The highest BCUT2D eigenvalue weighted by molar-refractivity contribution is 5.88. The first-order valence-electron chi connectivity index (χ1n) is 6.16. The van der Waals surface area contributed by atoms with Crippen molar-refractivity contribution in [3.63, 3.8) is 0 Å². The molecule has 106 valence electrons. The first kappa shape index (κ1) is 17.2. The Morgan fingerprint density at radius 3 is 2.61 bits per heavy atom. The topological polar surface area (TPSA) is 72.6 Å². The van der Waals surface area contributed by atoms with Crippen LogP contribution in [0.2, 0.25) is 0 Å². The average molecular weight is 279 g/mol. The molecule has 1 fully saturated rings. The second-order valence-corrected chi connectivity index (χ2v) is 4.62. The summed E-state index contributed by atoms with van der Waals surface area (Å²) in [4.78, 5) is 25.3. The fraction of sp³-hybridized carbons (Fsp3) is 0.833. The van der Waals surface area contributed by atoms with E-state index in [2.05, 4.69) is 0 Å². The van der Waals surface area contributed by atoms with E-state index >= 15 is 0 Å². The van der Waals surface area contributed by atoms with Gasteiger partial charge < -0.3 is 15.4 Å². The average Bonchev–Trinajstić information content (AvgIpc) is 2.83. The summed E-state index contributed by atoms with van der Waals surface area (Å²) in [5, 5.41) is 0. The minimum atomic E-state index is -0.523. The van der Waals surface area contributed by atoms with Crippen LogP contribution in [0.15, 0.2) is 0 Å². The maximum atomic E-state index is 12.2. The molecule has 3 atom stereocenters. The normalized spacial score (nSPS) is 22.0. The van der Waals surface area contributed by atoms with Crippen LogP contribution in [0.1, 0.15) is 33.1 Å². The molecule has 0 aromatic heterocycles. The van der Waals surface area contributed by atoms with Gasteiger partial charge in [0.15, 0.2) is 0 Å². The Hall–Kier alpha value is -0.810. The van der Waals surface area contributed by atoms with Gasteiger partial charge in [0.25, 0.3) is 0 Å². The monoisotopic (exact) mass is 278 g/mol. The molecule has 2 N–H and O–H groups in total. The van der Waals surface area contributed by atoms with Crippen LogP contribution in [0.5, 0.6) is 0 Å². The number of carbonyl (C=O) groups is 2. The Labute approximate surface area is 114 Å². The Balaban J connectivity index is 0.00000289. The van der Waals surface area contributed by atoms with Gasteiger partial charge in [-0.3, -0.25) is 4.79 Å². The number of nitrogens with two attached hydrogens (primary N) is 1. The molecule has 1 aliphatic rings. The number of esters is 1. The predicted octanol–water partition coefficient (Wildman–Crippen LogP) is 0.946. The van der Waals surface area contributed by atoms with Crippen molar-refractivity contribution in [3.05, 3.63) is 0 Å². The molecule has 1 rings (SSSR count). The lowest BCUT2D eigenvalue weighted by Crippen LogP contribution is -2.50. The number of ether oxygens (including phenoxy) is 1. The highest BCUT2D eigenvalue weighted by Gasteiger charge is 2.37. The van der Waals surface area contributed by atoms with E-state index in [9.17, 15) is 9.59 Å². The Kier molecular flexibility index (Phi) is 7.25. The van der Waals surface area contributed by atoms with E-state index in [0.717, 1.165) is 12.8 Å². The number of amides is 1. The molecule has 0 spiro atoms. The van der Waals surface area contributed by atoms with E-state index in [4.69, 9.17) is 10.5 Å². The lowest BCUT2D eigenvalue weighted by Gasteiger charge is -2.27. The maximum Gasteiger partial charge on any atom is 0.328 e. The van der Waals surface area contributed by atoms with E-state index in [1.54, 1.807) is 4.90 Å². The SMILES string of the molecule is CCC(C)C(N)C(=O)N1CCC[C@H]1C(=O)OC.Cl. The summed E-state index contributed by atoms with van der Waals surface area (Å²) in [6.45, 7) is 4.55. The fourth-order valence-electron chi connectivity index (χ4n) is 2.10. The van der Waals surface area contributed by atoms with Crippen LogP contribution in [-0.4, -0.2) is 42.5 Å². The number of carbonyl (C=O) groups excluding carboxylic acids is 2. The summed E-state index contributed by atoms with van der Waals surface area (Å²) in [5.74, 6) is -0.346. The molecule has 2 unspecified atom stereocenters. The molecule has 0 saturated carbocycles. The highest BCUT2D eigenvalue weighted by Crippen LogP contribution is 2.21. The molecule has 0 radical (unpaired) electrons. The van der Waals surface area contributed by atoms with Crippen molar-refractivity contribution in [2.45, 2.75) is 45.2 Å². The first-order valence-corrected chi connectivity index (χ1v) is 6.16. The zero-order valence-electron chi connectivity index (χ0n) is 11.2. The molecular formula is C12H23ClN2O3. The molecular weight excluding hydrogens is 256 g/mol. The maximum absolute atomic E-state index is 12.2. The summed E-state index contributed by atoms with van der Waals surface area (Å²) < 4.78 is 4.71. The van der Waals surface area contributed by atoms with Crippen LogP contribution in [0.4, 0.5) is 0 Å². The summed E-state index contributed by atoms with van der Waals surface area (Å²) >= 11 is 0. The van der Waals surface area contributed by atoms with Crippen LogP contribution >= 0.6 is 12.4 Å². The molecule has 1 heterocycles. The standard InChI is InChI=1S/C12H22N2O3.ClH/c1-4-8(2)10(13)11(15)14-7-5-6-9(14)12(16)17-3;/h8-10H,4-7,13H2,1-3H3;1H/t8?,9-,10?;/m0./s1. The van der Waals surface area contributed by atoms with Crippen LogP contribution < -0.4 is 5.73 Å². The second-order valence-electron chi connectivity index (χ2n) is 4.62. The smallest absolute Gasteiger partial charge is 0.328 e. The van der Waals surface area contributed by atoms with Crippen molar-refractivity contribution in [2.75, 3.05) is 13.7 Å². The number of likely N-dealkylation sites (tertiary alicyclic amines) is 1. The summed E-state index contributed by atoms with van der Waals surface area (Å²) in [5.41, 5.74) is 5.91. The molecule has 1 saturated heterocycles. The van der Waals surface area contributed by atoms with Gasteiger partial charge in [0, 0.05) is 6.54 Å². The van der Waals surface area contributed by atoms with Crippen molar-refractivity contribution in [2.24, 2.45) is 11.7 Å². The highest BCUT2D eigenvalue weighted by atomic mass is 35.5. The molecule has 0 aromatic rings. The van der Waals surface area contributed by atoms with Crippen molar-refractivity contribution in [1.29, 1.82) is 0 Å². The van der Waals surface area contributed by atoms with E-state index in [1.165, 1.54) is 7.11 Å². The van der Waals surface area contributed by atoms with Crippen molar-refractivity contribution in [1.82, 2.24) is 4.90 Å². The lowest BCUT2D eigenvalue weighted by molar-refractivity contribution is -0.151. The molecule has 1 amide bonds. The third kappa shape index (κ3) is 3.59. The Bertz CT molecular complexity index is 299. The van der Waals surface area contributed by atoms with Gasteiger partial charge in [0.1, 0.15) is 6.04 Å². The van der Waals surface area contributed by atoms with Crippen LogP contribution in [0.3, 0.4) is 0 Å². The zero-order valence-corrected chi connectivity index (χ0v) is 12.0. The van der Waals surface area contributed by atoms with Gasteiger partial charge in [0.2, 0.25) is 5.91 Å². The molecule has 0 aromatic carbocycles. The van der Waals surface area contributed by atoms with Crippen molar-refractivity contribution < 1.29 is 14.3 Å². The minimum absolute atomic E-state index is 0. The lowest BCUT2D eigenvalue weighted by atomic mass is 9.98. The van der Waals surface area contributed by atoms with E-state index in [0.29, 0.717) is 13.0 Å². The minimum Gasteiger partial charge on any atom is -0.467 e. The number of hydrogen-bond donors (Lipinski definition) is 1. The quantitative estimate of drug-likeness (QED) is 0.777. The third-order valence-electron chi connectivity index (χ3n) is 3.55. The predicted molar refractivity (Wildman–Crippen MR) is 71.4 cm³/mol. The first-order chi connectivity index (χ1) is 8.02. The van der Waals surface area contributed by atoms with Gasteiger partial charge >= 0.3 is 5.97 Å². The van der Waals surface area contributed by atoms with Crippen LogP contribution in [-0.2, 0) is 14.3 Å². The molecule has 6 heteroatoms. The zero-order chi connectivity index (χ0) is 13.0. The number of halogens is 1. The summed E-state index contributed by atoms with van der Waals surface area (Å²) in [6, 6.07) is -0.965. The van der Waals surface area contributed by atoms with Gasteiger partial charge in [-0.2, -0.15) is 0 Å². The van der Waals surface area contributed by atoms with Crippen LogP contribution in [0.25, 0.3) is 0 Å². The molecule has 1 aliphatic heterocycles. The fourth-order valence-corrected chi connectivity index (χ4v) is 2.10. The Morgan fingerprint density at radius 2 is 2.11 bits per heavy atom. The van der Waals surface area contributed by atoms with Gasteiger partial charge in [0.05, 0.1) is 13.2 Å². The largest absolute Gasteiger partial charge is 0.467 e. The third-order valence-corrected chi connectivity index (χ3v) is 3.55. The number of methoxy groups -OCH3 is 1.